The molecule has 5 nitrogen and oxygen atoms in total. The summed E-state index contributed by atoms with van der Waals surface area (Å²) in [7, 11) is 3.08. The Morgan fingerprint density at radius 2 is 1.73 bits per heavy atom. The molecule has 0 N–H and O–H groups in total. The lowest BCUT2D eigenvalue weighted by Crippen LogP contribution is -2.41. The molecule has 1 fully saturated rings. The third kappa shape index (κ3) is 4.24. The molecule has 0 radical (unpaired) electrons. The second-order valence-corrected chi connectivity index (χ2v) is 7.81. The van der Waals surface area contributed by atoms with Crippen LogP contribution in [0.1, 0.15) is 31.2 Å². The summed E-state index contributed by atoms with van der Waals surface area (Å²) in [5, 5.41) is 0.218. The maximum Gasteiger partial charge on any atom is 0.226 e. The summed E-state index contributed by atoms with van der Waals surface area (Å²) in [5.74, 6) is -2.65. The molecule has 1 saturated carbocycles. The number of carbonyl (C=O) groups excluding carboxylic acids is 3. The number of halogens is 2. The van der Waals surface area contributed by atoms with E-state index in [4.69, 9.17) is 16.3 Å². The zero-order valence-electron chi connectivity index (χ0n) is 17.1. The molecule has 30 heavy (non-hydrogen) atoms. The molecule has 0 atom stereocenters. The Kier molecular flexibility index (Phi) is 6.56. The van der Waals surface area contributed by atoms with Crippen LogP contribution < -0.4 is 4.74 Å². The molecule has 0 heterocycles. The van der Waals surface area contributed by atoms with Crippen LogP contribution >= 0.6 is 11.6 Å². The molecular weight excluding hydrogens is 409 g/mol. The Hall–Kier alpha value is -2.73. The van der Waals surface area contributed by atoms with Crippen molar-refractivity contribution in [2.75, 3.05) is 20.7 Å². The highest BCUT2D eigenvalue weighted by atomic mass is 35.5. The SMILES string of the molecule is CCN(C)C(=O)C1CC(=O)C(c2c(Cl)cc(-c3ccc(F)cc3)cc2OC)C(=O)C1. The van der Waals surface area contributed by atoms with Gasteiger partial charge < -0.3 is 9.64 Å². The normalized spacial score (nSPS) is 19.0. The molecule has 1 aliphatic rings. The highest BCUT2D eigenvalue weighted by Gasteiger charge is 2.42. The Morgan fingerprint density at radius 1 is 1.13 bits per heavy atom. The van der Waals surface area contributed by atoms with Gasteiger partial charge in [0.2, 0.25) is 5.91 Å². The predicted octanol–water partition coefficient (Wildman–Crippen LogP) is 4.26. The Bertz CT molecular complexity index is 971. The molecule has 0 bridgehead atoms. The minimum Gasteiger partial charge on any atom is -0.496 e. The highest BCUT2D eigenvalue weighted by Crippen LogP contribution is 2.42. The van der Waals surface area contributed by atoms with E-state index in [-0.39, 0.29) is 41.2 Å². The molecule has 7 heteroatoms. The van der Waals surface area contributed by atoms with Gasteiger partial charge in [0.05, 0.1) is 13.0 Å². The van der Waals surface area contributed by atoms with Gasteiger partial charge in [0.1, 0.15) is 29.1 Å². The van der Waals surface area contributed by atoms with Crippen LogP contribution in [0.2, 0.25) is 5.02 Å². The fourth-order valence-corrected chi connectivity index (χ4v) is 4.11. The summed E-state index contributed by atoms with van der Waals surface area (Å²) in [5.41, 5.74) is 1.71. The van der Waals surface area contributed by atoms with Crippen LogP contribution in [0, 0.1) is 11.7 Å². The maximum atomic E-state index is 13.2. The van der Waals surface area contributed by atoms with Crippen molar-refractivity contribution >= 4 is 29.1 Å². The van der Waals surface area contributed by atoms with E-state index in [2.05, 4.69) is 0 Å². The molecule has 1 amide bonds. The number of ketones is 2. The topological polar surface area (TPSA) is 63.7 Å². The monoisotopic (exact) mass is 431 g/mol. The Labute approximate surface area is 179 Å². The predicted molar refractivity (Wildman–Crippen MR) is 112 cm³/mol. The molecule has 158 valence electrons. The van der Waals surface area contributed by atoms with E-state index in [1.807, 2.05) is 6.92 Å². The van der Waals surface area contributed by atoms with Crippen molar-refractivity contribution in [2.45, 2.75) is 25.7 Å². The fraction of sp³-hybridized carbons (Fsp3) is 0.348. The lowest BCUT2D eigenvalue weighted by Gasteiger charge is -2.29. The first-order valence-electron chi connectivity index (χ1n) is 9.70. The van der Waals surface area contributed by atoms with Gasteiger partial charge in [0.25, 0.3) is 0 Å². The first kappa shape index (κ1) is 22.0. The fourth-order valence-electron chi connectivity index (χ4n) is 3.79. The summed E-state index contributed by atoms with van der Waals surface area (Å²) in [4.78, 5) is 39.7. The number of Topliss-reactive ketones (excluding diaryl/α,β-unsaturated/α-hetero) is 2. The Balaban J connectivity index is 1.95. The second kappa shape index (κ2) is 8.96. The number of carbonyl (C=O) groups is 3. The maximum absolute atomic E-state index is 13.2. The van der Waals surface area contributed by atoms with Gasteiger partial charge in [-0.1, -0.05) is 23.7 Å². The largest absolute Gasteiger partial charge is 0.496 e. The number of benzene rings is 2. The van der Waals surface area contributed by atoms with E-state index >= 15 is 0 Å². The average Bonchev–Trinajstić information content (AvgIpc) is 2.73. The van der Waals surface area contributed by atoms with Crippen molar-refractivity contribution in [3.05, 3.63) is 52.8 Å². The van der Waals surface area contributed by atoms with Crippen LogP contribution in [0.25, 0.3) is 11.1 Å². The lowest BCUT2D eigenvalue weighted by atomic mass is 9.75. The molecule has 2 aromatic rings. The smallest absolute Gasteiger partial charge is 0.226 e. The number of methoxy groups -OCH3 is 1. The van der Waals surface area contributed by atoms with Crippen molar-refractivity contribution in [3.63, 3.8) is 0 Å². The molecule has 0 spiro atoms. The van der Waals surface area contributed by atoms with Crippen molar-refractivity contribution in [1.82, 2.24) is 4.90 Å². The molecule has 2 aromatic carbocycles. The van der Waals surface area contributed by atoms with Crippen LogP contribution in [0.5, 0.6) is 5.75 Å². The third-order valence-corrected chi connectivity index (χ3v) is 5.83. The number of hydrogen-bond acceptors (Lipinski definition) is 4. The van der Waals surface area contributed by atoms with Crippen molar-refractivity contribution < 1.29 is 23.5 Å². The van der Waals surface area contributed by atoms with Crippen LogP contribution in [0.3, 0.4) is 0 Å². The van der Waals surface area contributed by atoms with Gasteiger partial charge in [-0.25, -0.2) is 4.39 Å². The molecule has 0 saturated heterocycles. The highest BCUT2D eigenvalue weighted by molar-refractivity contribution is 6.33. The number of ether oxygens (including phenoxy) is 1. The van der Waals surface area contributed by atoms with E-state index in [1.165, 1.54) is 24.1 Å². The van der Waals surface area contributed by atoms with Crippen LogP contribution in [-0.2, 0) is 14.4 Å². The summed E-state index contributed by atoms with van der Waals surface area (Å²) < 4.78 is 18.7. The summed E-state index contributed by atoms with van der Waals surface area (Å²) in [6.45, 7) is 2.34. The van der Waals surface area contributed by atoms with Gasteiger partial charge >= 0.3 is 0 Å². The van der Waals surface area contributed by atoms with E-state index in [0.29, 0.717) is 23.4 Å². The summed E-state index contributed by atoms with van der Waals surface area (Å²) >= 11 is 6.50. The van der Waals surface area contributed by atoms with Gasteiger partial charge in [-0.05, 0) is 42.3 Å². The minimum atomic E-state index is -1.06. The molecule has 0 aliphatic heterocycles. The molecule has 0 aromatic heterocycles. The first-order valence-corrected chi connectivity index (χ1v) is 10.1. The quantitative estimate of drug-likeness (QED) is 0.663. The van der Waals surface area contributed by atoms with Gasteiger partial charge in [-0.2, -0.15) is 0 Å². The lowest BCUT2D eigenvalue weighted by molar-refractivity contribution is -0.143. The van der Waals surface area contributed by atoms with E-state index < -0.39 is 11.8 Å². The second-order valence-electron chi connectivity index (χ2n) is 7.40. The zero-order chi connectivity index (χ0) is 22.0. The first-order chi connectivity index (χ1) is 14.3. The van der Waals surface area contributed by atoms with E-state index in [9.17, 15) is 18.8 Å². The summed E-state index contributed by atoms with van der Waals surface area (Å²) in [6, 6.07) is 9.20. The van der Waals surface area contributed by atoms with E-state index in [1.54, 1.807) is 31.3 Å². The van der Waals surface area contributed by atoms with Gasteiger partial charge in [-0.15, -0.1) is 0 Å². The standard InChI is InChI=1S/C23H23ClFNO4/c1-4-26(2)23(29)15-10-18(27)22(19(28)11-15)21-17(24)9-14(12-20(21)30-3)13-5-7-16(25)8-6-13/h5-9,12,15,22H,4,10-11H2,1-3H3. The van der Waals surface area contributed by atoms with Crippen LogP contribution in [-0.4, -0.2) is 43.1 Å². The summed E-state index contributed by atoms with van der Waals surface area (Å²) in [6.07, 6.45) is -0.0302. The molecular formula is C23H23ClFNO4. The van der Waals surface area contributed by atoms with Crippen molar-refractivity contribution in [1.29, 1.82) is 0 Å². The molecule has 3 rings (SSSR count). The van der Waals surface area contributed by atoms with E-state index in [0.717, 1.165) is 5.56 Å². The van der Waals surface area contributed by atoms with Gasteiger partial charge in [0.15, 0.2) is 0 Å². The minimum absolute atomic E-state index is 0.0151. The van der Waals surface area contributed by atoms with Crippen molar-refractivity contribution in [2.24, 2.45) is 5.92 Å². The number of rotatable bonds is 5. The van der Waals surface area contributed by atoms with Gasteiger partial charge in [0, 0.05) is 37.0 Å². The zero-order valence-corrected chi connectivity index (χ0v) is 17.8. The van der Waals surface area contributed by atoms with Crippen LogP contribution in [0.4, 0.5) is 4.39 Å². The average molecular weight is 432 g/mol. The third-order valence-electron chi connectivity index (χ3n) is 5.52. The van der Waals surface area contributed by atoms with Gasteiger partial charge in [-0.3, -0.25) is 14.4 Å². The number of amides is 1. The molecule has 0 unspecified atom stereocenters. The molecule has 1 aliphatic carbocycles. The number of hydrogen-bond donors (Lipinski definition) is 0. The van der Waals surface area contributed by atoms with Crippen LogP contribution in [0.15, 0.2) is 36.4 Å². The number of nitrogens with zero attached hydrogens (tertiary/aromatic N) is 1. The Morgan fingerprint density at radius 3 is 2.27 bits per heavy atom. The van der Waals surface area contributed by atoms with Crippen molar-refractivity contribution in [3.8, 4) is 16.9 Å².